The smallest absolute Gasteiger partial charge is 0.257 e. The molecule has 0 atom stereocenters. The van der Waals surface area contributed by atoms with E-state index in [4.69, 9.17) is 21.8 Å². The minimum Gasteiger partial charge on any atom is -0.395 e. The van der Waals surface area contributed by atoms with Gasteiger partial charge in [-0.25, -0.2) is 4.68 Å². The molecule has 1 fully saturated rings. The summed E-state index contributed by atoms with van der Waals surface area (Å²) >= 11 is 6.04. The fourth-order valence-corrected chi connectivity index (χ4v) is 3.68. The lowest BCUT2D eigenvalue weighted by Gasteiger charge is -2.34. The van der Waals surface area contributed by atoms with Crippen LogP contribution in [0.15, 0.2) is 60.8 Å². The van der Waals surface area contributed by atoms with Crippen LogP contribution in [0.2, 0.25) is 5.02 Å². The number of aliphatic hydroxyl groups is 1. The summed E-state index contributed by atoms with van der Waals surface area (Å²) in [6.45, 7) is 3.57. The second kappa shape index (κ2) is 8.78. The second-order valence-electron chi connectivity index (χ2n) is 7.04. The molecule has 1 amide bonds. The van der Waals surface area contributed by atoms with Gasteiger partial charge < -0.3 is 10.0 Å². The Morgan fingerprint density at radius 2 is 1.69 bits per heavy atom. The molecule has 1 aliphatic rings. The van der Waals surface area contributed by atoms with Crippen LogP contribution in [-0.2, 0) is 0 Å². The Hall–Kier alpha value is -2.67. The summed E-state index contributed by atoms with van der Waals surface area (Å²) in [5, 5.41) is 14.5. The van der Waals surface area contributed by atoms with Crippen LogP contribution in [0.4, 0.5) is 0 Å². The van der Waals surface area contributed by atoms with Gasteiger partial charge in [-0.15, -0.1) is 0 Å². The van der Waals surface area contributed by atoms with Gasteiger partial charge in [0.1, 0.15) is 5.69 Å². The van der Waals surface area contributed by atoms with Crippen LogP contribution in [0.3, 0.4) is 0 Å². The molecule has 1 aliphatic heterocycles. The highest BCUT2D eigenvalue weighted by Gasteiger charge is 2.26. The number of carbonyl (C=O) groups is 1. The highest BCUT2D eigenvalue weighted by molar-refractivity contribution is 6.30. The molecule has 0 radical (unpaired) electrons. The van der Waals surface area contributed by atoms with Gasteiger partial charge in [-0.3, -0.25) is 9.69 Å². The average molecular weight is 411 g/mol. The Balaban J connectivity index is 1.67. The van der Waals surface area contributed by atoms with Crippen LogP contribution in [0, 0.1) is 0 Å². The van der Waals surface area contributed by atoms with Gasteiger partial charge in [-0.1, -0.05) is 41.9 Å². The van der Waals surface area contributed by atoms with E-state index in [9.17, 15) is 4.79 Å². The summed E-state index contributed by atoms with van der Waals surface area (Å²) in [6.07, 6.45) is 1.81. The molecule has 0 spiro atoms. The van der Waals surface area contributed by atoms with Gasteiger partial charge in [0, 0.05) is 49.5 Å². The molecular formula is C22H23ClN4O2. The summed E-state index contributed by atoms with van der Waals surface area (Å²) in [5.41, 5.74) is 2.97. The van der Waals surface area contributed by atoms with Gasteiger partial charge in [0.2, 0.25) is 0 Å². The maximum absolute atomic E-state index is 13.3. The van der Waals surface area contributed by atoms with Crippen LogP contribution in [0.25, 0.3) is 16.9 Å². The third-order valence-electron chi connectivity index (χ3n) is 5.16. The first kappa shape index (κ1) is 19.6. The van der Waals surface area contributed by atoms with Crippen LogP contribution in [0.5, 0.6) is 0 Å². The average Bonchev–Trinajstić information content (AvgIpc) is 3.21. The van der Waals surface area contributed by atoms with E-state index >= 15 is 0 Å². The lowest BCUT2D eigenvalue weighted by Crippen LogP contribution is -2.49. The Bertz CT molecular complexity index is 964. The maximum Gasteiger partial charge on any atom is 0.257 e. The number of para-hydroxylation sites is 1. The van der Waals surface area contributed by atoms with E-state index < -0.39 is 0 Å². The van der Waals surface area contributed by atoms with E-state index in [-0.39, 0.29) is 12.5 Å². The first-order valence-corrected chi connectivity index (χ1v) is 10.1. The number of amides is 1. The van der Waals surface area contributed by atoms with Crippen LogP contribution in [0.1, 0.15) is 10.4 Å². The molecule has 1 N–H and O–H groups in total. The molecule has 7 heteroatoms. The Morgan fingerprint density at radius 3 is 2.34 bits per heavy atom. The maximum atomic E-state index is 13.3. The second-order valence-corrected chi connectivity index (χ2v) is 7.47. The molecule has 0 bridgehead atoms. The lowest BCUT2D eigenvalue weighted by atomic mass is 10.1. The first-order valence-electron chi connectivity index (χ1n) is 9.69. The largest absolute Gasteiger partial charge is 0.395 e. The molecule has 1 saturated heterocycles. The van der Waals surface area contributed by atoms with Crippen molar-refractivity contribution in [1.82, 2.24) is 19.6 Å². The Morgan fingerprint density at radius 1 is 1.00 bits per heavy atom. The number of aromatic nitrogens is 2. The third-order valence-corrected chi connectivity index (χ3v) is 5.41. The van der Waals surface area contributed by atoms with Gasteiger partial charge in [0.15, 0.2) is 0 Å². The lowest BCUT2D eigenvalue weighted by molar-refractivity contribution is 0.0615. The molecular weight excluding hydrogens is 388 g/mol. The summed E-state index contributed by atoms with van der Waals surface area (Å²) in [5.74, 6) is -0.0271. The molecule has 150 valence electrons. The zero-order chi connectivity index (χ0) is 20.2. The SMILES string of the molecule is O=C(c1cn(-c2ccccc2)nc1-c1ccc(Cl)cc1)N1CCN(CCO)CC1. The summed E-state index contributed by atoms with van der Waals surface area (Å²) in [4.78, 5) is 17.4. The van der Waals surface area contributed by atoms with Crippen molar-refractivity contribution in [3.05, 3.63) is 71.4 Å². The molecule has 2 heterocycles. The van der Waals surface area contributed by atoms with Gasteiger partial charge in [-0.05, 0) is 24.3 Å². The van der Waals surface area contributed by atoms with Gasteiger partial charge in [0.05, 0.1) is 17.9 Å². The number of carbonyl (C=O) groups excluding carboxylic acids is 1. The molecule has 4 rings (SSSR count). The molecule has 0 aliphatic carbocycles. The molecule has 0 unspecified atom stereocenters. The normalized spacial score (nSPS) is 14.9. The molecule has 1 aromatic heterocycles. The summed E-state index contributed by atoms with van der Waals surface area (Å²) < 4.78 is 1.75. The number of benzene rings is 2. The standard InChI is InChI=1S/C22H23ClN4O2/c23-18-8-6-17(7-9-18)21-20(16-27(24-21)19-4-2-1-3-5-19)22(29)26-12-10-25(11-13-26)14-15-28/h1-9,16,28H,10-15H2. The molecule has 0 saturated carbocycles. The topological polar surface area (TPSA) is 61.6 Å². The zero-order valence-corrected chi connectivity index (χ0v) is 16.8. The first-order chi connectivity index (χ1) is 14.2. The number of aliphatic hydroxyl groups excluding tert-OH is 1. The fraction of sp³-hybridized carbons (Fsp3) is 0.273. The third kappa shape index (κ3) is 4.34. The quantitative estimate of drug-likeness (QED) is 0.702. The number of hydrogen-bond donors (Lipinski definition) is 1. The van der Waals surface area contributed by atoms with Crippen molar-refractivity contribution in [2.45, 2.75) is 0 Å². The highest BCUT2D eigenvalue weighted by Crippen LogP contribution is 2.26. The molecule has 2 aromatic carbocycles. The minimum absolute atomic E-state index is 0.0271. The zero-order valence-electron chi connectivity index (χ0n) is 16.0. The number of rotatable bonds is 5. The van der Waals surface area contributed by atoms with E-state index in [1.807, 2.05) is 53.6 Å². The van der Waals surface area contributed by atoms with Crippen molar-refractivity contribution >= 4 is 17.5 Å². The molecule has 29 heavy (non-hydrogen) atoms. The Labute approximate surface area is 174 Å². The molecule has 3 aromatic rings. The van der Waals surface area contributed by atoms with Crippen molar-refractivity contribution in [2.24, 2.45) is 0 Å². The predicted octanol–water partition coefficient (Wildman–Crippen LogP) is 2.94. The van der Waals surface area contributed by atoms with Crippen LogP contribution < -0.4 is 0 Å². The number of piperazine rings is 1. The van der Waals surface area contributed by atoms with Crippen molar-refractivity contribution < 1.29 is 9.90 Å². The highest BCUT2D eigenvalue weighted by atomic mass is 35.5. The van der Waals surface area contributed by atoms with Gasteiger partial charge in [0.25, 0.3) is 5.91 Å². The van der Waals surface area contributed by atoms with E-state index in [1.165, 1.54) is 0 Å². The van der Waals surface area contributed by atoms with Gasteiger partial charge in [-0.2, -0.15) is 5.10 Å². The Kier molecular flexibility index (Phi) is 5.94. The van der Waals surface area contributed by atoms with Crippen LogP contribution >= 0.6 is 11.6 Å². The summed E-state index contributed by atoms with van der Waals surface area (Å²) in [7, 11) is 0. The number of nitrogens with zero attached hydrogens (tertiary/aromatic N) is 4. The monoisotopic (exact) mass is 410 g/mol. The minimum atomic E-state index is -0.0271. The predicted molar refractivity (Wildman–Crippen MR) is 113 cm³/mol. The van der Waals surface area contributed by atoms with E-state index in [2.05, 4.69) is 4.90 Å². The van der Waals surface area contributed by atoms with Gasteiger partial charge >= 0.3 is 0 Å². The van der Waals surface area contributed by atoms with E-state index in [0.29, 0.717) is 35.9 Å². The van der Waals surface area contributed by atoms with E-state index in [1.54, 1.807) is 16.8 Å². The number of halogens is 1. The van der Waals surface area contributed by atoms with Crippen molar-refractivity contribution in [1.29, 1.82) is 0 Å². The summed E-state index contributed by atoms with van der Waals surface area (Å²) in [6, 6.07) is 17.1. The van der Waals surface area contributed by atoms with Crippen molar-refractivity contribution in [2.75, 3.05) is 39.3 Å². The van der Waals surface area contributed by atoms with E-state index in [0.717, 1.165) is 24.3 Å². The van der Waals surface area contributed by atoms with Crippen molar-refractivity contribution in [3.8, 4) is 16.9 Å². The molecule has 6 nitrogen and oxygen atoms in total. The number of β-amino-alcohol motifs (C(OH)–C–C–N with tert-alkyl or cyclic N) is 1. The number of hydrogen-bond acceptors (Lipinski definition) is 4. The van der Waals surface area contributed by atoms with Crippen LogP contribution in [-0.4, -0.2) is 69.9 Å². The fourth-order valence-electron chi connectivity index (χ4n) is 3.55. The van der Waals surface area contributed by atoms with Crippen molar-refractivity contribution in [3.63, 3.8) is 0 Å².